The molecule has 1 rings (SSSR count). The van der Waals surface area contributed by atoms with Gasteiger partial charge in [0.15, 0.2) is 0 Å². The van der Waals surface area contributed by atoms with Gasteiger partial charge < -0.3 is 10.4 Å². The lowest BCUT2D eigenvalue weighted by Gasteiger charge is -2.25. The van der Waals surface area contributed by atoms with Crippen molar-refractivity contribution < 1.29 is 18.3 Å². The third-order valence-corrected chi connectivity index (χ3v) is 3.25. The molecule has 0 saturated heterocycles. The van der Waals surface area contributed by atoms with Crippen LogP contribution in [0, 0.1) is 5.82 Å². The standard InChI is InChI=1S/C15H23F3N2O/c1-2-19-14(12-4-3-5-13(16)10-12)6-7-20(8-9-21)11-15(17)18/h3-5,10,14-15,19,21H,2,6-9,11H2,1H3. The highest BCUT2D eigenvalue weighted by Gasteiger charge is 2.16. The smallest absolute Gasteiger partial charge is 0.251 e. The summed E-state index contributed by atoms with van der Waals surface area (Å²) in [6.45, 7) is 2.76. The van der Waals surface area contributed by atoms with E-state index < -0.39 is 6.43 Å². The number of halogens is 3. The first-order valence-corrected chi connectivity index (χ1v) is 7.17. The zero-order valence-corrected chi connectivity index (χ0v) is 12.2. The topological polar surface area (TPSA) is 35.5 Å². The quantitative estimate of drug-likeness (QED) is 0.697. The summed E-state index contributed by atoms with van der Waals surface area (Å²) in [6.07, 6.45) is -1.85. The number of nitrogens with one attached hydrogen (secondary N) is 1. The molecule has 6 heteroatoms. The highest BCUT2D eigenvalue weighted by molar-refractivity contribution is 5.20. The molecule has 0 saturated carbocycles. The van der Waals surface area contributed by atoms with Crippen molar-refractivity contribution in [3.8, 4) is 0 Å². The van der Waals surface area contributed by atoms with Crippen molar-refractivity contribution in [2.75, 3.05) is 32.8 Å². The van der Waals surface area contributed by atoms with Crippen LogP contribution in [0.25, 0.3) is 0 Å². The molecule has 1 unspecified atom stereocenters. The first-order valence-electron chi connectivity index (χ1n) is 7.17. The Hall–Kier alpha value is -1.11. The van der Waals surface area contributed by atoms with Crippen LogP contribution in [0.3, 0.4) is 0 Å². The predicted octanol–water partition coefficient (Wildman–Crippen LogP) is 2.43. The van der Waals surface area contributed by atoms with Crippen LogP contribution in [0.5, 0.6) is 0 Å². The van der Waals surface area contributed by atoms with Gasteiger partial charge in [-0.05, 0) is 30.7 Å². The minimum atomic E-state index is -2.43. The molecule has 1 aromatic carbocycles. The van der Waals surface area contributed by atoms with Gasteiger partial charge in [0.25, 0.3) is 6.43 Å². The second kappa shape index (κ2) is 9.76. The van der Waals surface area contributed by atoms with E-state index in [0.29, 0.717) is 19.5 Å². The number of hydrogen-bond donors (Lipinski definition) is 2. The number of benzene rings is 1. The van der Waals surface area contributed by atoms with Crippen LogP contribution in [0.1, 0.15) is 24.9 Å². The lowest BCUT2D eigenvalue weighted by Crippen LogP contribution is -2.35. The van der Waals surface area contributed by atoms with Gasteiger partial charge in [0.1, 0.15) is 5.82 Å². The lowest BCUT2D eigenvalue weighted by molar-refractivity contribution is 0.0762. The maximum Gasteiger partial charge on any atom is 0.251 e. The Labute approximate surface area is 123 Å². The van der Waals surface area contributed by atoms with Crippen LogP contribution < -0.4 is 5.32 Å². The maximum absolute atomic E-state index is 13.3. The Morgan fingerprint density at radius 1 is 1.29 bits per heavy atom. The van der Waals surface area contributed by atoms with Crippen molar-refractivity contribution in [1.82, 2.24) is 10.2 Å². The summed E-state index contributed by atoms with van der Waals surface area (Å²) < 4.78 is 38.2. The van der Waals surface area contributed by atoms with Crippen molar-refractivity contribution in [1.29, 1.82) is 0 Å². The zero-order valence-electron chi connectivity index (χ0n) is 12.2. The van der Waals surface area contributed by atoms with E-state index in [1.165, 1.54) is 17.0 Å². The Bertz CT molecular complexity index is 404. The van der Waals surface area contributed by atoms with Crippen LogP contribution in [0.2, 0.25) is 0 Å². The molecule has 0 heterocycles. The largest absolute Gasteiger partial charge is 0.395 e. The molecule has 0 fully saturated rings. The van der Waals surface area contributed by atoms with Gasteiger partial charge in [-0.1, -0.05) is 19.1 Å². The van der Waals surface area contributed by atoms with Gasteiger partial charge in [0.05, 0.1) is 13.2 Å². The van der Waals surface area contributed by atoms with Crippen LogP contribution in [-0.4, -0.2) is 49.2 Å². The Kier molecular flexibility index (Phi) is 8.34. The first-order chi connectivity index (χ1) is 10.1. The van der Waals surface area contributed by atoms with Gasteiger partial charge in [-0.25, -0.2) is 13.2 Å². The van der Waals surface area contributed by atoms with E-state index in [9.17, 15) is 13.2 Å². The molecule has 0 aliphatic rings. The fraction of sp³-hybridized carbons (Fsp3) is 0.600. The summed E-state index contributed by atoms with van der Waals surface area (Å²) in [5, 5.41) is 12.2. The summed E-state index contributed by atoms with van der Waals surface area (Å²) >= 11 is 0. The molecule has 3 nitrogen and oxygen atoms in total. The Morgan fingerprint density at radius 3 is 2.62 bits per heavy atom. The molecule has 120 valence electrons. The van der Waals surface area contributed by atoms with E-state index in [-0.39, 0.29) is 31.6 Å². The van der Waals surface area contributed by atoms with Crippen molar-refractivity contribution in [3.63, 3.8) is 0 Å². The fourth-order valence-corrected chi connectivity index (χ4v) is 2.30. The zero-order chi connectivity index (χ0) is 15.7. The average Bonchev–Trinajstić information content (AvgIpc) is 2.43. The van der Waals surface area contributed by atoms with Gasteiger partial charge in [-0.2, -0.15) is 0 Å². The monoisotopic (exact) mass is 304 g/mol. The minimum absolute atomic E-state index is 0.0930. The van der Waals surface area contributed by atoms with Crippen LogP contribution >= 0.6 is 0 Å². The van der Waals surface area contributed by atoms with Gasteiger partial charge in [0.2, 0.25) is 0 Å². The highest BCUT2D eigenvalue weighted by atomic mass is 19.3. The maximum atomic E-state index is 13.3. The molecular weight excluding hydrogens is 281 g/mol. The molecule has 0 spiro atoms. The summed E-state index contributed by atoms with van der Waals surface area (Å²) in [5.74, 6) is -0.310. The second-order valence-electron chi connectivity index (χ2n) is 4.87. The van der Waals surface area contributed by atoms with Gasteiger partial charge in [-0.3, -0.25) is 4.90 Å². The number of rotatable bonds is 10. The number of hydrogen-bond acceptors (Lipinski definition) is 3. The summed E-state index contributed by atoms with van der Waals surface area (Å²) in [6, 6.07) is 6.20. The molecule has 1 aromatic rings. The predicted molar refractivity (Wildman–Crippen MR) is 77.0 cm³/mol. The molecule has 0 radical (unpaired) electrons. The molecule has 0 aliphatic carbocycles. The Morgan fingerprint density at radius 2 is 2.05 bits per heavy atom. The molecule has 1 atom stereocenters. The number of aliphatic hydroxyl groups is 1. The van der Waals surface area contributed by atoms with E-state index in [1.54, 1.807) is 6.07 Å². The molecule has 21 heavy (non-hydrogen) atoms. The third kappa shape index (κ3) is 6.93. The lowest BCUT2D eigenvalue weighted by atomic mass is 10.0. The number of alkyl halides is 2. The molecule has 0 bridgehead atoms. The molecule has 2 N–H and O–H groups in total. The van der Waals surface area contributed by atoms with Crippen LogP contribution in [0.15, 0.2) is 24.3 Å². The molecule has 0 aliphatic heterocycles. The van der Waals surface area contributed by atoms with E-state index in [1.807, 2.05) is 13.0 Å². The fourth-order valence-electron chi connectivity index (χ4n) is 2.30. The number of aliphatic hydroxyl groups excluding tert-OH is 1. The van der Waals surface area contributed by atoms with Crippen LogP contribution in [0.4, 0.5) is 13.2 Å². The van der Waals surface area contributed by atoms with Crippen molar-refractivity contribution >= 4 is 0 Å². The van der Waals surface area contributed by atoms with E-state index in [0.717, 1.165) is 5.56 Å². The molecule has 0 aromatic heterocycles. The third-order valence-electron chi connectivity index (χ3n) is 3.25. The minimum Gasteiger partial charge on any atom is -0.395 e. The highest BCUT2D eigenvalue weighted by Crippen LogP contribution is 2.18. The van der Waals surface area contributed by atoms with Gasteiger partial charge in [0, 0.05) is 19.1 Å². The van der Waals surface area contributed by atoms with Crippen LogP contribution in [-0.2, 0) is 0 Å². The first kappa shape index (κ1) is 17.9. The second-order valence-corrected chi connectivity index (χ2v) is 4.87. The Balaban J connectivity index is 2.64. The van der Waals surface area contributed by atoms with Gasteiger partial charge in [-0.15, -0.1) is 0 Å². The summed E-state index contributed by atoms with van der Waals surface area (Å²) in [7, 11) is 0. The number of nitrogens with zero attached hydrogens (tertiary/aromatic N) is 1. The SMILES string of the molecule is CCNC(CCN(CCO)CC(F)F)c1cccc(F)c1. The van der Waals surface area contributed by atoms with Crippen molar-refractivity contribution in [2.24, 2.45) is 0 Å². The summed E-state index contributed by atoms with van der Waals surface area (Å²) in [5.41, 5.74) is 0.804. The van der Waals surface area contributed by atoms with E-state index >= 15 is 0 Å². The molecular formula is C15H23F3N2O. The van der Waals surface area contributed by atoms with E-state index in [2.05, 4.69) is 5.32 Å². The van der Waals surface area contributed by atoms with Crippen molar-refractivity contribution in [3.05, 3.63) is 35.6 Å². The van der Waals surface area contributed by atoms with Crippen molar-refractivity contribution in [2.45, 2.75) is 25.8 Å². The summed E-state index contributed by atoms with van der Waals surface area (Å²) in [4.78, 5) is 1.52. The average molecular weight is 304 g/mol. The van der Waals surface area contributed by atoms with Gasteiger partial charge >= 0.3 is 0 Å². The normalized spacial score (nSPS) is 13.1. The van der Waals surface area contributed by atoms with E-state index in [4.69, 9.17) is 5.11 Å². The molecule has 0 amide bonds.